The van der Waals surface area contributed by atoms with Gasteiger partial charge in [-0.3, -0.25) is 9.48 Å². The van der Waals surface area contributed by atoms with Crippen molar-refractivity contribution in [3.8, 4) is 11.1 Å². The molecule has 3 aromatic rings. The van der Waals surface area contributed by atoms with Gasteiger partial charge in [-0.2, -0.15) is 5.10 Å². The fourth-order valence-electron chi connectivity index (χ4n) is 4.58. The van der Waals surface area contributed by atoms with E-state index in [9.17, 15) is 4.79 Å². The molecule has 1 aromatic heterocycles. The standard InChI is InChI=1S/C25H31N3O/c1-6-12-28(15-19-10-11-19)25(29)24-21-9-7-8-20(23(21)26-27(24)5)22-17(3)13-16(2)14-18(22)4/h7-9,13-14,19H,6,10-12,15H2,1-5H3. The van der Waals surface area contributed by atoms with Crippen LogP contribution >= 0.6 is 0 Å². The van der Waals surface area contributed by atoms with Crippen LogP contribution in [0.3, 0.4) is 0 Å². The molecule has 4 nitrogen and oxygen atoms in total. The van der Waals surface area contributed by atoms with Crippen LogP contribution in [0.5, 0.6) is 0 Å². The zero-order valence-electron chi connectivity index (χ0n) is 18.2. The smallest absolute Gasteiger partial charge is 0.272 e. The second-order valence-corrected chi connectivity index (χ2v) is 8.64. The molecule has 0 unspecified atom stereocenters. The Morgan fingerprint density at radius 1 is 1.17 bits per heavy atom. The van der Waals surface area contributed by atoms with Crippen LogP contribution in [0, 0.1) is 26.7 Å². The van der Waals surface area contributed by atoms with Crippen LogP contribution in [0.25, 0.3) is 22.0 Å². The second kappa shape index (κ2) is 7.66. The average molecular weight is 390 g/mol. The largest absolute Gasteiger partial charge is 0.337 e. The zero-order valence-corrected chi connectivity index (χ0v) is 18.2. The number of rotatable bonds is 6. The van der Waals surface area contributed by atoms with E-state index in [1.165, 1.54) is 35.1 Å². The highest BCUT2D eigenvalue weighted by Gasteiger charge is 2.29. The van der Waals surface area contributed by atoms with Crippen molar-refractivity contribution in [3.05, 3.63) is 52.7 Å². The van der Waals surface area contributed by atoms with Gasteiger partial charge in [0.2, 0.25) is 0 Å². The molecule has 1 saturated carbocycles. The van der Waals surface area contributed by atoms with Crippen molar-refractivity contribution in [2.24, 2.45) is 13.0 Å². The Labute approximate surface area is 173 Å². The summed E-state index contributed by atoms with van der Waals surface area (Å²) >= 11 is 0. The number of amides is 1. The fraction of sp³-hybridized carbons (Fsp3) is 0.440. The minimum absolute atomic E-state index is 0.109. The van der Waals surface area contributed by atoms with E-state index >= 15 is 0 Å². The molecule has 4 rings (SSSR count). The highest BCUT2D eigenvalue weighted by atomic mass is 16.2. The van der Waals surface area contributed by atoms with E-state index in [0.29, 0.717) is 11.6 Å². The third kappa shape index (κ3) is 3.68. The van der Waals surface area contributed by atoms with Crippen LogP contribution in [-0.4, -0.2) is 33.7 Å². The molecule has 0 aliphatic heterocycles. The Balaban J connectivity index is 1.83. The highest BCUT2D eigenvalue weighted by molar-refractivity contribution is 6.08. The Morgan fingerprint density at radius 3 is 2.48 bits per heavy atom. The third-order valence-corrected chi connectivity index (χ3v) is 5.97. The van der Waals surface area contributed by atoms with Crippen molar-refractivity contribution in [2.75, 3.05) is 13.1 Å². The van der Waals surface area contributed by atoms with E-state index in [1.54, 1.807) is 4.68 Å². The van der Waals surface area contributed by atoms with Gasteiger partial charge in [0.1, 0.15) is 11.2 Å². The fourth-order valence-corrected chi connectivity index (χ4v) is 4.58. The molecule has 29 heavy (non-hydrogen) atoms. The van der Waals surface area contributed by atoms with E-state index in [2.05, 4.69) is 52.0 Å². The number of fused-ring (bicyclic) bond motifs is 1. The quantitative estimate of drug-likeness (QED) is 0.564. The third-order valence-electron chi connectivity index (χ3n) is 5.97. The summed E-state index contributed by atoms with van der Waals surface area (Å²) in [7, 11) is 1.90. The lowest BCUT2D eigenvalue weighted by Gasteiger charge is -2.22. The minimum atomic E-state index is 0.109. The summed E-state index contributed by atoms with van der Waals surface area (Å²) in [4.78, 5) is 15.5. The zero-order chi connectivity index (χ0) is 20.7. The van der Waals surface area contributed by atoms with Crippen molar-refractivity contribution in [3.63, 3.8) is 0 Å². The first-order valence-electron chi connectivity index (χ1n) is 10.7. The summed E-state index contributed by atoms with van der Waals surface area (Å²) in [6.45, 7) is 10.2. The first-order valence-corrected chi connectivity index (χ1v) is 10.7. The lowest BCUT2D eigenvalue weighted by Crippen LogP contribution is -2.35. The van der Waals surface area contributed by atoms with E-state index in [0.717, 1.165) is 36.0 Å². The molecule has 1 aliphatic rings. The monoisotopic (exact) mass is 389 g/mol. The lowest BCUT2D eigenvalue weighted by molar-refractivity contribution is 0.0738. The first kappa shape index (κ1) is 19.7. The molecule has 0 radical (unpaired) electrons. The van der Waals surface area contributed by atoms with Gasteiger partial charge < -0.3 is 4.90 Å². The average Bonchev–Trinajstić information content (AvgIpc) is 3.40. The van der Waals surface area contributed by atoms with Gasteiger partial charge in [0, 0.05) is 31.1 Å². The summed E-state index contributed by atoms with van der Waals surface area (Å²) < 4.78 is 1.78. The number of aromatic nitrogens is 2. The Morgan fingerprint density at radius 2 is 1.86 bits per heavy atom. The maximum Gasteiger partial charge on any atom is 0.272 e. The molecule has 0 atom stereocenters. The Bertz CT molecular complexity index is 1050. The highest BCUT2D eigenvalue weighted by Crippen LogP contribution is 2.35. The van der Waals surface area contributed by atoms with Gasteiger partial charge in [0.25, 0.3) is 5.91 Å². The molecular weight excluding hydrogens is 358 g/mol. The lowest BCUT2D eigenvalue weighted by atomic mass is 9.92. The summed E-state index contributed by atoms with van der Waals surface area (Å²) in [6, 6.07) is 10.7. The molecule has 2 aromatic carbocycles. The van der Waals surface area contributed by atoms with E-state index < -0.39 is 0 Å². The number of hydrogen-bond acceptors (Lipinski definition) is 2. The number of hydrogen-bond donors (Lipinski definition) is 0. The van der Waals surface area contributed by atoms with Gasteiger partial charge in [0.05, 0.1) is 0 Å². The van der Waals surface area contributed by atoms with Crippen LogP contribution < -0.4 is 0 Å². The van der Waals surface area contributed by atoms with Crippen molar-refractivity contribution in [1.29, 1.82) is 0 Å². The minimum Gasteiger partial charge on any atom is -0.337 e. The molecule has 1 heterocycles. The van der Waals surface area contributed by atoms with Crippen LogP contribution in [0.4, 0.5) is 0 Å². The number of carbonyl (C=O) groups excluding carboxylic acids is 1. The van der Waals surface area contributed by atoms with Crippen molar-refractivity contribution < 1.29 is 4.79 Å². The van der Waals surface area contributed by atoms with Gasteiger partial charge >= 0.3 is 0 Å². The molecule has 0 saturated heterocycles. The molecule has 152 valence electrons. The normalized spacial score (nSPS) is 13.8. The number of nitrogens with zero attached hydrogens (tertiary/aromatic N) is 3. The maximum atomic E-state index is 13.5. The van der Waals surface area contributed by atoms with Crippen molar-refractivity contribution in [1.82, 2.24) is 14.7 Å². The molecule has 1 aliphatic carbocycles. The Hall–Kier alpha value is -2.62. The molecule has 0 N–H and O–H groups in total. The van der Waals surface area contributed by atoms with Crippen LogP contribution in [0.15, 0.2) is 30.3 Å². The number of aryl methyl sites for hydroxylation is 4. The molecule has 0 spiro atoms. The van der Waals surface area contributed by atoms with Crippen molar-refractivity contribution >= 4 is 16.8 Å². The first-order chi connectivity index (χ1) is 13.9. The van der Waals surface area contributed by atoms with E-state index in [4.69, 9.17) is 5.10 Å². The van der Waals surface area contributed by atoms with Crippen LogP contribution in [0.2, 0.25) is 0 Å². The summed E-state index contributed by atoms with van der Waals surface area (Å²) in [5.74, 6) is 0.789. The molecule has 1 amide bonds. The molecule has 1 fully saturated rings. The van der Waals surface area contributed by atoms with Gasteiger partial charge in [0.15, 0.2) is 0 Å². The summed E-state index contributed by atoms with van der Waals surface area (Å²) in [6.07, 6.45) is 3.47. The summed E-state index contributed by atoms with van der Waals surface area (Å²) in [5.41, 5.74) is 7.71. The predicted molar refractivity (Wildman–Crippen MR) is 119 cm³/mol. The van der Waals surface area contributed by atoms with Crippen LogP contribution in [-0.2, 0) is 7.05 Å². The van der Waals surface area contributed by atoms with Crippen molar-refractivity contribution in [2.45, 2.75) is 47.0 Å². The predicted octanol–water partition coefficient (Wildman–Crippen LogP) is 5.43. The summed E-state index contributed by atoms with van der Waals surface area (Å²) in [5, 5.41) is 5.77. The van der Waals surface area contributed by atoms with Gasteiger partial charge in [-0.05, 0) is 62.6 Å². The number of benzene rings is 2. The van der Waals surface area contributed by atoms with Gasteiger partial charge in [-0.15, -0.1) is 0 Å². The van der Waals surface area contributed by atoms with E-state index in [-0.39, 0.29) is 5.91 Å². The Kier molecular flexibility index (Phi) is 5.20. The van der Waals surface area contributed by atoms with E-state index in [1.807, 2.05) is 18.0 Å². The molecule has 4 heteroatoms. The molecule has 0 bridgehead atoms. The SMILES string of the molecule is CCCN(CC1CC1)C(=O)c1c2cccc(-c3c(C)cc(C)cc3C)c2nn1C. The second-order valence-electron chi connectivity index (χ2n) is 8.64. The number of carbonyl (C=O) groups is 1. The topological polar surface area (TPSA) is 38.1 Å². The molecular formula is C25H31N3O. The van der Waals surface area contributed by atoms with Gasteiger partial charge in [-0.25, -0.2) is 0 Å². The van der Waals surface area contributed by atoms with Crippen LogP contribution in [0.1, 0.15) is 53.4 Å². The van der Waals surface area contributed by atoms with Gasteiger partial charge in [-0.1, -0.05) is 42.8 Å². The maximum absolute atomic E-state index is 13.5.